The smallest absolute Gasteiger partial charge is 0.133 e. The quantitative estimate of drug-likeness (QED) is 0.646. The summed E-state index contributed by atoms with van der Waals surface area (Å²) in [7, 11) is 0. The van der Waals surface area contributed by atoms with Crippen molar-refractivity contribution in [2.45, 2.75) is 33.1 Å². The maximum atomic E-state index is 11.2. The molecule has 1 saturated carbocycles. The lowest BCUT2D eigenvalue weighted by Gasteiger charge is -2.48. The predicted molar refractivity (Wildman–Crippen MR) is 52.6 cm³/mol. The van der Waals surface area contributed by atoms with E-state index >= 15 is 0 Å². The first-order valence-corrected chi connectivity index (χ1v) is 5.34. The van der Waals surface area contributed by atoms with Gasteiger partial charge in [-0.3, -0.25) is 4.79 Å². The molecule has 74 valence electrons. The molecule has 1 spiro atoms. The van der Waals surface area contributed by atoms with Gasteiger partial charge in [-0.15, -0.1) is 0 Å². The highest BCUT2D eigenvalue weighted by Crippen LogP contribution is 2.43. The first-order valence-electron chi connectivity index (χ1n) is 5.34. The fourth-order valence-electron chi connectivity index (χ4n) is 2.82. The molecule has 1 aliphatic carbocycles. The molecule has 2 heteroatoms. The fraction of sp³-hybridized carbons (Fsp3) is 0.909. The highest BCUT2D eigenvalue weighted by molar-refractivity contribution is 5.81. The molecule has 0 aromatic carbocycles. The van der Waals surface area contributed by atoms with Crippen molar-refractivity contribution in [1.29, 1.82) is 0 Å². The van der Waals surface area contributed by atoms with Gasteiger partial charge < -0.3 is 4.90 Å². The minimum Gasteiger partial charge on any atom is -0.302 e. The zero-order chi connectivity index (χ0) is 9.47. The molecule has 0 aromatic rings. The fourth-order valence-corrected chi connectivity index (χ4v) is 2.82. The number of hydrogen-bond donors (Lipinski definition) is 0. The van der Waals surface area contributed by atoms with E-state index in [1.54, 1.807) is 0 Å². The van der Waals surface area contributed by atoms with Gasteiger partial charge in [-0.2, -0.15) is 0 Å². The van der Waals surface area contributed by atoms with Gasteiger partial charge in [0.1, 0.15) is 5.78 Å². The van der Waals surface area contributed by atoms with Gasteiger partial charge in [0, 0.05) is 37.9 Å². The van der Waals surface area contributed by atoms with Gasteiger partial charge in [-0.05, 0) is 12.3 Å². The average Bonchev–Trinajstić information content (AvgIpc) is 2.29. The van der Waals surface area contributed by atoms with Crippen molar-refractivity contribution in [3.05, 3.63) is 0 Å². The summed E-state index contributed by atoms with van der Waals surface area (Å²) in [5, 5.41) is 0. The first kappa shape index (κ1) is 9.20. The number of hydrogen-bond acceptors (Lipinski definition) is 2. The number of nitrogens with zero attached hydrogens (tertiary/aromatic N) is 1. The Morgan fingerprint density at radius 1 is 1.46 bits per heavy atom. The van der Waals surface area contributed by atoms with Gasteiger partial charge in [-0.25, -0.2) is 0 Å². The van der Waals surface area contributed by atoms with Crippen LogP contribution in [0.5, 0.6) is 0 Å². The summed E-state index contributed by atoms with van der Waals surface area (Å²) in [6.07, 6.45) is 2.86. The van der Waals surface area contributed by atoms with Gasteiger partial charge in [0.15, 0.2) is 0 Å². The maximum Gasteiger partial charge on any atom is 0.133 e. The molecular formula is C11H19NO. The third-order valence-corrected chi connectivity index (χ3v) is 3.25. The van der Waals surface area contributed by atoms with Crippen LogP contribution in [0.4, 0.5) is 0 Å². The SMILES string of the molecule is CC(C)CN1CC2(CCC(=O)C2)C1. The van der Waals surface area contributed by atoms with Gasteiger partial charge >= 0.3 is 0 Å². The van der Waals surface area contributed by atoms with Gasteiger partial charge in [0.2, 0.25) is 0 Å². The van der Waals surface area contributed by atoms with Crippen molar-refractivity contribution in [2.24, 2.45) is 11.3 Å². The summed E-state index contributed by atoms with van der Waals surface area (Å²) >= 11 is 0. The maximum absolute atomic E-state index is 11.2. The van der Waals surface area contributed by atoms with Crippen LogP contribution in [0, 0.1) is 11.3 Å². The minimum atomic E-state index is 0.423. The number of Topliss-reactive ketones (excluding diaryl/α,β-unsaturated/α-hetero) is 1. The molecule has 13 heavy (non-hydrogen) atoms. The normalized spacial score (nSPS) is 27.2. The Hall–Kier alpha value is -0.370. The zero-order valence-electron chi connectivity index (χ0n) is 8.68. The lowest BCUT2D eigenvalue weighted by atomic mass is 9.78. The lowest BCUT2D eigenvalue weighted by Crippen LogP contribution is -2.55. The van der Waals surface area contributed by atoms with Crippen LogP contribution in [0.15, 0.2) is 0 Å². The summed E-state index contributed by atoms with van der Waals surface area (Å²) in [5.74, 6) is 1.25. The molecule has 2 rings (SSSR count). The molecular weight excluding hydrogens is 162 g/mol. The monoisotopic (exact) mass is 181 g/mol. The van der Waals surface area contributed by atoms with Crippen LogP contribution in [0.2, 0.25) is 0 Å². The second-order valence-electron chi connectivity index (χ2n) is 5.28. The molecule has 0 bridgehead atoms. The van der Waals surface area contributed by atoms with Gasteiger partial charge in [0.25, 0.3) is 0 Å². The van der Waals surface area contributed by atoms with Crippen LogP contribution in [0.3, 0.4) is 0 Å². The van der Waals surface area contributed by atoms with E-state index in [1.165, 1.54) is 19.6 Å². The second-order valence-corrected chi connectivity index (χ2v) is 5.28. The van der Waals surface area contributed by atoms with Gasteiger partial charge in [0.05, 0.1) is 0 Å². The van der Waals surface area contributed by atoms with Crippen LogP contribution in [-0.4, -0.2) is 30.3 Å². The largest absolute Gasteiger partial charge is 0.302 e. The van der Waals surface area contributed by atoms with Crippen molar-refractivity contribution in [3.63, 3.8) is 0 Å². The highest BCUT2D eigenvalue weighted by atomic mass is 16.1. The number of rotatable bonds is 2. The summed E-state index contributed by atoms with van der Waals surface area (Å²) in [6, 6.07) is 0. The Kier molecular flexibility index (Phi) is 2.18. The summed E-state index contributed by atoms with van der Waals surface area (Å²) in [5.41, 5.74) is 0.423. The molecule has 0 amide bonds. The molecule has 2 nitrogen and oxygen atoms in total. The first-order chi connectivity index (χ1) is 6.10. The third kappa shape index (κ3) is 1.78. The minimum absolute atomic E-state index is 0.423. The van der Waals surface area contributed by atoms with Crippen LogP contribution in [-0.2, 0) is 4.79 Å². The summed E-state index contributed by atoms with van der Waals surface area (Å²) < 4.78 is 0. The topological polar surface area (TPSA) is 20.3 Å². The summed E-state index contributed by atoms with van der Waals surface area (Å²) in [4.78, 5) is 13.7. The van der Waals surface area contributed by atoms with E-state index in [1.807, 2.05) is 0 Å². The number of ketones is 1. The van der Waals surface area contributed by atoms with E-state index in [0.29, 0.717) is 11.2 Å². The highest BCUT2D eigenvalue weighted by Gasteiger charge is 2.47. The van der Waals surface area contributed by atoms with Crippen LogP contribution >= 0.6 is 0 Å². The van der Waals surface area contributed by atoms with E-state index in [0.717, 1.165) is 25.2 Å². The Morgan fingerprint density at radius 3 is 2.62 bits per heavy atom. The molecule has 0 N–H and O–H groups in total. The van der Waals surface area contributed by atoms with Crippen molar-refractivity contribution in [1.82, 2.24) is 4.90 Å². The molecule has 0 radical (unpaired) electrons. The molecule has 0 unspecified atom stereocenters. The molecule has 1 saturated heterocycles. The van der Waals surface area contributed by atoms with Crippen molar-refractivity contribution in [3.8, 4) is 0 Å². The number of carbonyl (C=O) groups excluding carboxylic acids is 1. The Balaban J connectivity index is 1.80. The Labute approximate surface area is 80.3 Å². The molecule has 2 fully saturated rings. The Morgan fingerprint density at radius 2 is 2.15 bits per heavy atom. The molecule has 1 aliphatic heterocycles. The van der Waals surface area contributed by atoms with Crippen molar-refractivity contribution >= 4 is 5.78 Å². The van der Waals surface area contributed by atoms with Crippen LogP contribution in [0.1, 0.15) is 33.1 Å². The van der Waals surface area contributed by atoms with E-state index < -0.39 is 0 Å². The standard InChI is InChI=1S/C11H19NO/c1-9(2)6-12-7-11(8-12)4-3-10(13)5-11/h9H,3-8H2,1-2H3. The van der Waals surface area contributed by atoms with E-state index in [9.17, 15) is 4.79 Å². The second kappa shape index (κ2) is 3.09. The number of carbonyl (C=O) groups is 1. The van der Waals surface area contributed by atoms with Crippen LogP contribution < -0.4 is 0 Å². The van der Waals surface area contributed by atoms with Crippen molar-refractivity contribution in [2.75, 3.05) is 19.6 Å². The van der Waals surface area contributed by atoms with E-state index in [2.05, 4.69) is 18.7 Å². The summed E-state index contributed by atoms with van der Waals surface area (Å²) in [6.45, 7) is 8.07. The van der Waals surface area contributed by atoms with Crippen LogP contribution in [0.25, 0.3) is 0 Å². The lowest BCUT2D eigenvalue weighted by molar-refractivity contribution is -0.119. The van der Waals surface area contributed by atoms with E-state index in [-0.39, 0.29) is 0 Å². The van der Waals surface area contributed by atoms with Crippen molar-refractivity contribution < 1.29 is 4.79 Å². The molecule has 2 aliphatic rings. The van der Waals surface area contributed by atoms with Gasteiger partial charge in [-0.1, -0.05) is 13.8 Å². The number of likely N-dealkylation sites (tertiary alicyclic amines) is 1. The predicted octanol–water partition coefficient (Wildman–Crippen LogP) is 1.70. The zero-order valence-corrected chi connectivity index (χ0v) is 8.68. The molecule has 0 atom stereocenters. The molecule has 0 aromatic heterocycles. The van der Waals surface area contributed by atoms with E-state index in [4.69, 9.17) is 0 Å². The molecule has 1 heterocycles. The third-order valence-electron chi connectivity index (χ3n) is 3.25. The average molecular weight is 181 g/mol. The Bertz CT molecular complexity index is 216.